The van der Waals surface area contributed by atoms with Crippen molar-refractivity contribution < 1.29 is 37.6 Å². The summed E-state index contributed by atoms with van der Waals surface area (Å²) in [6, 6.07) is 13.1. The van der Waals surface area contributed by atoms with E-state index in [-0.39, 0.29) is 31.7 Å². The standard InChI is InChI=1S/C40H49N5O8S/c1-4-26-22-40(26,39(49)43-54(51,52)28-18-19-28)41-37(47)33-21-27(53-42-35-31-16-10-8-14-29(31)30-15-9-11-17-32(30)35)23-44(33)38(48)36(24(2)3)45(50)34(46)20-25-12-6-5-7-13-25/h4,8-11,14-17,24-28,33,36,50H,1,5-7,12-13,18-23H2,2-3H3,(H,41,47)(H,43,49)/t26-,27-,33+,36-,40+/m1/s1. The van der Waals surface area contributed by atoms with Gasteiger partial charge in [-0.1, -0.05) is 92.9 Å². The van der Waals surface area contributed by atoms with Crippen molar-refractivity contribution in [2.24, 2.45) is 22.9 Å². The Morgan fingerprint density at radius 3 is 2.17 bits per heavy atom. The first-order chi connectivity index (χ1) is 25.8. The molecule has 0 spiro atoms. The summed E-state index contributed by atoms with van der Waals surface area (Å²) < 4.78 is 27.6. The molecule has 2 aromatic carbocycles. The quantitative estimate of drug-likeness (QED) is 0.132. The first kappa shape index (κ1) is 37.7. The Morgan fingerprint density at radius 2 is 1.61 bits per heavy atom. The third-order valence-corrected chi connectivity index (χ3v) is 13.5. The lowest BCUT2D eigenvalue weighted by atomic mass is 9.86. The van der Waals surface area contributed by atoms with Crippen LogP contribution in [-0.4, -0.2) is 88.4 Å². The van der Waals surface area contributed by atoms with Crippen molar-refractivity contribution in [1.29, 1.82) is 0 Å². The van der Waals surface area contributed by atoms with Crippen LogP contribution in [0.2, 0.25) is 0 Å². The lowest BCUT2D eigenvalue weighted by molar-refractivity contribution is -0.189. The third kappa shape index (κ3) is 7.29. The van der Waals surface area contributed by atoms with Crippen molar-refractivity contribution in [1.82, 2.24) is 20.0 Å². The molecule has 4 fully saturated rings. The second-order valence-electron chi connectivity index (χ2n) is 15.8. The molecule has 0 radical (unpaired) electrons. The van der Waals surface area contributed by atoms with Gasteiger partial charge >= 0.3 is 0 Å². The average molecular weight is 760 g/mol. The number of nitrogens with zero attached hydrogens (tertiary/aromatic N) is 3. The zero-order valence-corrected chi connectivity index (χ0v) is 31.6. The van der Waals surface area contributed by atoms with Crippen LogP contribution in [0.25, 0.3) is 11.1 Å². The Labute approximate surface area is 316 Å². The van der Waals surface area contributed by atoms with Gasteiger partial charge in [0.15, 0.2) is 0 Å². The summed E-state index contributed by atoms with van der Waals surface area (Å²) in [5, 5.41) is 18.5. The molecule has 5 aliphatic rings. The van der Waals surface area contributed by atoms with Crippen molar-refractivity contribution in [3.05, 3.63) is 72.3 Å². The van der Waals surface area contributed by atoms with E-state index >= 15 is 0 Å². The van der Waals surface area contributed by atoms with Crippen LogP contribution in [0.4, 0.5) is 0 Å². The van der Waals surface area contributed by atoms with E-state index in [1.54, 1.807) is 13.8 Å². The van der Waals surface area contributed by atoms with Gasteiger partial charge in [-0.25, -0.2) is 13.5 Å². The summed E-state index contributed by atoms with van der Waals surface area (Å²) in [5.74, 6) is -3.67. The smallest absolute Gasteiger partial charge is 0.259 e. The molecule has 7 rings (SSSR count). The number of carbonyl (C=O) groups excluding carboxylic acids is 4. The Hall–Kier alpha value is -4.56. The van der Waals surface area contributed by atoms with Crippen molar-refractivity contribution in [3.8, 4) is 11.1 Å². The molecule has 4 amide bonds. The average Bonchev–Trinajstić information content (AvgIpc) is 4.07. The third-order valence-electron chi connectivity index (χ3n) is 11.6. The molecule has 4 aliphatic carbocycles. The van der Waals surface area contributed by atoms with Crippen LogP contribution < -0.4 is 10.0 Å². The van der Waals surface area contributed by atoms with E-state index in [4.69, 9.17) is 4.84 Å². The van der Waals surface area contributed by atoms with Gasteiger partial charge in [-0.05, 0) is 55.1 Å². The zero-order chi connectivity index (χ0) is 38.4. The molecule has 1 heterocycles. The van der Waals surface area contributed by atoms with Gasteiger partial charge in [0, 0.05) is 29.9 Å². The van der Waals surface area contributed by atoms with E-state index in [0.717, 1.165) is 54.4 Å². The number of rotatable bonds is 13. The van der Waals surface area contributed by atoms with Crippen LogP contribution in [0.3, 0.4) is 0 Å². The van der Waals surface area contributed by atoms with Crippen LogP contribution in [0.5, 0.6) is 0 Å². The molecule has 0 bridgehead atoms. The number of oxime groups is 1. The van der Waals surface area contributed by atoms with E-state index in [9.17, 15) is 32.8 Å². The van der Waals surface area contributed by atoms with Gasteiger partial charge in [0.25, 0.3) is 5.91 Å². The van der Waals surface area contributed by atoms with Crippen molar-refractivity contribution in [2.45, 2.75) is 107 Å². The minimum atomic E-state index is -3.91. The molecule has 288 valence electrons. The number of hydrogen-bond donors (Lipinski definition) is 3. The Bertz CT molecular complexity index is 1930. The number of hydrogen-bond acceptors (Lipinski definition) is 9. The van der Waals surface area contributed by atoms with Gasteiger partial charge in [0.1, 0.15) is 29.4 Å². The fourth-order valence-corrected chi connectivity index (χ4v) is 9.70. The zero-order valence-electron chi connectivity index (χ0n) is 30.8. The Balaban J connectivity index is 1.15. The number of hydroxylamine groups is 2. The highest BCUT2D eigenvalue weighted by atomic mass is 32.2. The maximum Gasteiger partial charge on any atom is 0.259 e. The fourth-order valence-electron chi connectivity index (χ4n) is 8.33. The Kier molecular flexibility index (Phi) is 10.4. The van der Waals surface area contributed by atoms with Gasteiger partial charge in [-0.2, -0.15) is 0 Å². The van der Waals surface area contributed by atoms with Crippen LogP contribution in [0, 0.1) is 17.8 Å². The Morgan fingerprint density at radius 1 is 1.00 bits per heavy atom. The molecule has 0 aromatic heterocycles. The molecular weight excluding hydrogens is 711 g/mol. The van der Waals surface area contributed by atoms with E-state index in [2.05, 4.69) is 21.8 Å². The predicted molar refractivity (Wildman–Crippen MR) is 200 cm³/mol. The van der Waals surface area contributed by atoms with Gasteiger partial charge in [0.05, 0.1) is 11.8 Å². The van der Waals surface area contributed by atoms with Crippen LogP contribution in [0.15, 0.2) is 66.3 Å². The minimum absolute atomic E-state index is 0.0132. The van der Waals surface area contributed by atoms with Gasteiger partial charge < -0.3 is 15.1 Å². The largest absolute Gasteiger partial charge is 0.390 e. The fraction of sp³-hybridized carbons (Fsp3) is 0.525. The molecule has 1 saturated heterocycles. The summed E-state index contributed by atoms with van der Waals surface area (Å²) in [4.78, 5) is 63.1. The predicted octanol–water partition coefficient (Wildman–Crippen LogP) is 4.29. The van der Waals surface area contributed by atoms with E-state index in [1.165, 1.54) is 11.0 Å². The van der Waals surface area contributed by atoms with Crippen molar-refractivity contribution in [2.75, 3.05) is 6.54 Å². The summed E-state index contributed by atoms with van der Waals surface area (Å²) in [6.45, 7) is 7.12. The van der Waals surface area contributed by atoms with Crippen LogP contribution in [-0.2, 0) is 34.0 Å². The number of sulfonamides is 1. The van der Waals surface area contributed by atoms with Gasteiger partial charge in [-0.3, -0.25) is 29.1 Å². The lowest BCUT2D eigenvalue weighted by Gasteiger charge is -2.34. The van der Waals surface area contributed by atoms with Crippen LogP contribution in [0.1, 0.15) is 89.2 Å². The number of fused-ring (bicyclic) bond motifs is 3. The number of likely N-dealkylation sites (tertiary alicyclic amines) is 1. The minimum Gasteiger partial charge on any atom is -0.390 e. The molecule has 13 nitrogen and oxygen atoms in total. The SMILES string of the molecule is C=C[C@@H]1C[C@@]1(NC(=O)[C@@H]1C[C@@H](ON=C2c3ccccc3-c3ccccc32)CN1C(=O)[C@@H](C(C)C)N(O)C(=O)CC1CCCCC1)C(=O)NS(=O)(=O)C1CC1. The van der Waals surface area contributed by atoms with E-state index in [1.807, 2.05) is 48.5 Å². The molecule has 5 atom stereocenters. The van der Waals surface area contributed by atoms with Gasteiger partial charge in [0.2, 0.25) is 27.7 Å². The number of amides is 4. The molecular formula is C40H49N5O8S. The molecule has 2 aromatic rings. The van der Waals surface area contributed by atoms with E-state index in [0.29, 0.717) is 23.6 Å². The van der Waals surface area contributed by atoms with Crippen molar-refractivity contribution >= 4 is 39.4 Å². The molecule has 0 unspecified atom stereocenters. The highest BCUT2D eigenvalue weighted by molar-refractivity contribution is 7.91. The van der Waals surface area contributed by atoms with Gasteiger partial charge in [-0.15, -0.1) is 6.58 Å². The number of carbonyl (C=O) groups is 4. The molecule has 14 heteroatoms. The summed E-state index contributed by atoms with van der Waals surface area (Å²) in [6.07, 6.45) is 6.78. The second kappa shape index (κ2) is 14.9. The highest BCUT2D eigenvalue weighted by Gasteiger charge is 2.62. The molecule has 3 N–H and O–H groups in total. The lowest BCUT2D eigenvalue weighted by Crippen LogP contribution is -2.59. The summed E-state index contributed by atoms with van der Waals surface area (Å²) in [7, 11) is -3.91. The summed E-state index contributed by atoms with van der Waals surface area (Å²) >= 11 is 0. The van der Waals surface area contributed by atoms with Crippen molar-refractivity contribution in [3.63, 3.8) is 0 Å². The topological polar surface area (TPSA) is 175 Å². The maximum absolute atomic E-state index is 14.5. The molecule has 1 aliphatic heterocycles. The first-order valence-electron chi connectivity index (χ1n) is 19.1. The van der Waals surface area contributed by atoms with Crippen LogP contribution >= 0.6 is 0 Å². The molecule has 3 saturated carbocycles. The van der Waals surface area contributed by atoms with E-state index < -0.39 is 74.5 Å². The molecule has 54 heavy (non-hydrogen) atoms. The number of nitrogens with one attached hydrogen (secondary N) is 2. The normalized spacial score (nSPS) is 25.3. The first-order valence-corrected chi connectivity index (χ1v) is 20.6. The second-order valence-corrected chi connectivity index (χ2v) is 17.8. The monoisotopic (exact) mass is 759 g/mol. The highest BCUT2D eigenvalue weighted by Crippen LogP contribution is 2.46. The summed E-state index contributed by atoms with van der Waals surface area (Å²) in [5.41, 5.74) is 2.81. The number of benzene rings is 2. The maximum atomic E-state index is 14.5.